The highest BCUT2D eigenvalue weighted by Crippen LogP contribution is 2.46. The Morgan fingerprint density at radius 1 is 1.08 bits per heavy atom. The molecule has 1 saturated carbocycles. The fourth-order valence-electron chi connectivity index (χ4n) is 7.77. The maximum absolute atomic E-state index is 13.6. The zero-order chi connectivity index (χ0) is 34.7. The minimum atomic E-state index is -1.52. The molecule has 2 amide bonds. The van der Waals surface area contributed by atoms with Gasteiger partial charge in [0, 0.05) is 48.6 Å². The Labute approximate surface area is 296 Å². The molecule has 7 nitrogen and oxygen atoms in total. The minimum Gasteiger partial charge on any atom is -0.491 e. The third-order valence-corrected chi connectivity index (χ3v) is 13.2. The predicted octanol–water partition coefficient (Wildman–Crippen LogP) is 8.17. The summed E-state index contributed by atoms with van der Waals surface area (Å²) in [6.45, 7) is 14.6. The van der Waals surface area contributed by atoms with Crippen LogP contribution >= 0.6 is 11.6 Å². The Balaban J connectivity index is 1.52. The summed E-state index contributed by atoms with van der Waals surface area (Å²) in [6.07, 6.45) is 7.62. The van der Waals surface area contributed by atoms with Crippen LogP contribution in [-0.4, -0.2) is 58.5 Å². The van der Waals surface area contributed by atoms with Crippen LogP contribution in [-0.2, 0) is 22.2 Å². The number of fused-ring (bicyclic) bond motifs is 2. The molecule has 1 aliphatic carbocycles. The second-order valence-corrected chi connectivity index (χ2v) is 17.6. The summed E-state index contributed by atoms with van der Waals surface area (Å²) >= 11 is 6.46. The van der Waals surface area contributed by atoms with Gasteiger partial charge >= 0.3 is 0 Å². The van der Waals surface area contributed by atoms with E-state index in [2.05, 4.69) is 56.4 Å². The van der Waals surface area contributed by atoms with Crippen molar-refractivity contribution in [2.24, 2.45) is 23.7 Å². The van der Waals surface area contributed by atoms with Crippen molar-refractivity contribution in [3.63, 3.8) is 0 Å². The Kier molecular flexibility index (Phi) is 11.9. The normalized spacial score (nSPS) is 28.3. The number of nitrogens with zero attached hydrogens (tertiary/aromatic N) is 2. The summed E-state index contributed by atoms with van der Waals surface area (Å²) in [5.74, 6) is 2.10. The molecule has 0 saturated heterocycles. The molecule has 7 unspecified atom stereocenters. The van der Waals surface area contributed by atoms with Crippen LogP contribution in [0.15, 0.2) is 36.4 Å². The molecule has 1 fully saturated rings. The van der Waals surface area contributed by atoms with Gasteiger partial charge in [-0.15, -0.1) is 0 Å². The van der Waals surface area contributed by atoms with E-state index in [0.29, 0.717) is 36.3 Å². The molecule has 2 heterocycles. The first-order chi connectivity index (χ1) is 22.8. The van der Waals surface area contributed by atoms with Crippen LogP contribution in [0.4, 0.5) is 5.69 Å². The van der Waals surface area contributed by atoms with Gasteiger partial charge in [0.1, 0.15) is 16.7 Å². The zero-order valence-corrected chi connectivity index (χ0v) is 31.6. The second-order valence-electron chi connectivity index (χ2n) is 15.6. The third kappa shape index (κ3) is 8.40. The highest BCUT2D eigenvalue weighted by Gasteiger charge is 2.41. The van der Waals surface area contributed by atoms with E-state index in [1.54, 1.807) is 6.07 Å². The van der Waals surface area contributed by atoms with Crippen LogP contribution in [0.5, 0.6) is 5.75 Å². The SMILES string of the molecule is CCCc1cc(Cl)ccc1C1COc2ccc3cc2N(C1)CC1CCC1C(CC(=O)N(C)C(C)(C)C)CCCC(C)C(C)S(=O)NC3=O. The summed E-state index contributed by atoms with van der Waals surface area (Å²) in [7, 11) is 0.408. The minimum absolute atomic E-state index is 0.116. The lowest BCUT2D eigenvalue weighted by atomic mass is 9.64. The molecule has 7 atom stereocenters. The number of ether oxygens (including phenoxy) is 1. The quantitative estimate of drug-likeness (QED) is 0.341. The van der Waals surface area contributed by atoms with Crippen molar-refractivity contribution < 1.29 is 18.5 Å². The molecule has 3 aliphatic rings. The fraction of sp³-hybridized carbons (Fsp3) is 0.641. The second kappa shape index (κ2) is 15.5. The van der Waals surface area contributed by atoms with Gasteiger partial charge in [-0.2, -0.15) is 0 Å². The number of anilines is 1. The molecule has 2 bridgehead atoms. The number of benzene rings is 2. The van der Waals surface area contributed by atoms with Crippen molar-refractivity contribution in [1.29, 1.82) is 0 Å². The van der Waals surface area contributed by atoms with Gasteiger partial charge in [0.05, 0.1) is 17.5 Å². The number of aryl methyl sites for hydroxylation is 1. The van der Waals surface area contributed by atoms with Crippen LogP contribution in [0.1, 0.15) is 114 Å². The van der Waals surface area contributed by atoms with Crippen LogP contribution in [0.3, 0.4) is 0 Å². The van der Waals surface area contributed by atoms with E-state index < -0.39 is 11.0 Å². The molecule has 5 rings (SSSR count). The molecule has 9 heteroatoms. The molecular weight excluding hydrogens is 642 g/mol. The lowest BCUT2D eigenvalue weighted by Gasteiger charge is -2.45. The number of amides is 2. The molecule has 0 radical (unpaired) electrons. The smallest absolute Gasteiger partial charge is 0.263 e. The van der Waals surface area contributed by atoms with Crippen molar-refractivity contribution in [3.8, 4) is 5.75 Å². The summed E-state index contributed by atoms with van der Waals surface area (Å²) in [6, 6.07) is 11.8. The topological polar surface area (TPSA) is 79.0 Å². The van der Waals surface area contributed by atoms with Gasteiger partial charge in [0.25, 0.3) is 5.91 Å². The van der Waals surface area contributed by atoms with Crippen LogP contribution in [0.2, 0.25) is 5.02 Å². The third-order valence-electron chi connectivity index (χ3n) is 11.4. The number of nitrogens with one attached hydrogen (secondary N) is 1. The van der Waals surface area contributed by atoms with E-state index >= 15 is 0 Å². The molecule has 2 aliphatic heterocycles. The maximum Gasteiger partial charge on any atom is 0.263 e. The maximum atomic E-state index is 13.6. The van der Waals surface area contributed by atoms with E-state index in [4.69, 9.17) is 16.3 Å². The number of carbonyl (C=O) groups excluding carboxylic acids is 2. The van der Waals surface area contributed by atoms with Gasteiger partial charge in [-0.05, 0) is 125 Å². The Hall–Kier alpha value is -2.58. The van der Waals surface area contributed by atoms with Crippen molar-refractivity contribution in [2.75, 3.05) is 31.6 Å². The molecule has 0 spiro atoms. The molecule has 0 aromatic heterocycles. The average molecular weight is 698 g/mol. The van der Waals surface area contributed by atoms with Crippen LogP contribution in [0, 0.1) is 23.7 Å². The van der Waals surface area contributed by atoms with Crippen molar-refractivity contribution in [1.82, 2.24) is 9.62 Å². The molecule has 264 valence electrons. The van der Waals surface area contributed by atoms with E-state index in [1.807, 2.05) is 37.1 Å². The van der Waals surface area contributed by atoms with Gasteiger partial charge in [-0.25, -0.2) is 4.21 Å². The summed E-state index contributed by atoms with van der Waals surface area (Å²) in [5, 5.41) is 0.556. The predicted molar refractivity (Wildman–Crippen MR) is 197 cm³/mol. The Bertz CT molecular complexity index is 1490. The van der Waals surface area contributed by atoms with Gasteiger partial charge in [0.15, 0.2) is 0 Å². The summed E-state index contributed by atoms with van der Waals surface area (Å²) in [5.41, 5.74) is 3.68. The number of hydrogen-bond donors (Lipinski definition) is 1. The highest BCUT2D eigenvalue weighted by molar-refractivity contribution is 7.84. The molecule has 48 heavy (non-hydrogen) atoms. The van der Waals surface area contributed by atoms with Gasteiger partial charge in [-0.3, -0.25) is 14.3 Å². The summed E-state index contributed by atoms with van der Waals surface area (Å²) in [4.78, 5) is 31.4. The average Bonchev–Trinajstić information content (AvgIpc) is 3.20. The highest BCUT2D eigenvalue weighted by atomic mass is 35.5. The first kappa shape index (κ1) is 36.7. The van der Waals surface area contributed by atoms with Gasteiger partial charge in [-0.1, -0.05) is 44.4 Å². The van der Waals surface area contributed by atoms with Gasteiger partial charge < -0.3 is 14.5 Å². The first-order valence-electron chi connectivity index (χ1n) is 18.0. The monoisotopic (exact) mass is 697 g/mol. The summed E-state index contributed by atoms with van der Waals surface area (Å²) < 4.78 is 22.7. The lowest BCUT2D eigenvalue weighted by molar-refractivity contribution is -0.136. The lowest BCUT2D eigenvalue weighted by Crippen LogP contribution is -2.46. The molecule has 1 N–H and O–H groups in total. The van der Waals surface area contributed by atoms with E-state index in [9.17, 15) is 13.8 Å². The number of carbonyl (C=O) groups is 2. The Morgan fingerprint density at radius 3 is 2.54 bits per heavy atom. The van der Waals surface area contributed by atoms with Gasteiger partial charge in [0.2, 0.25) is 5.91 Å². The zero-order valence-electron chi connectivity index (χ0n) is 30.0. The molecular formula is C39H56ClN3O4S. The fourth-order valence-corrected chi connectivity index (χ4v) is 9.01. The van der Waals surface area contributed by atoms with Crippen molar-refractivity contribution in [2.45, 2.75) is 110 Å². The van der Waals surface area contributed by atoms with Crippen molar-refractivity contribution >= 4 is 40.1 Å². The van der Waals surface area contributed by atoms with Crippen molar-refractivity contribution in [3.05, 3.63) is 58.1 Å². The first-order valence-corrected chi connectivity index (χ1v) is 19.6. The van der Waals surface area contributed by atoms with E-state index in [1.165, 1.54) is 11.1 Å². The Morgan fingerprint density at radius 2 is 1.85 bits per heavy atom. The van der Waals surface area contributed by atoms with E-state index in [0.717, 1.165) is 74.5 Å². The standard InChI is InChI=1S/C39H56ClN3O4S/c1-8-10-27-19-32(40)15-17-34(27)31-23-43-22-30-13-16-33(30)28(21-37(44)42(7)39(4,5)6)12-9-11-25(2)26(3)48(46)41-38(45)29-14-18-36(47-24-31)35(43)20-29/h14-15,17-20,25-26,28,30-31,33H,8-13,16,21-24H2,1-7H3,(H,41,45). The van der Waals surface area contributed by atoms with Crippen LogP contribution in [0.25, 0.3) is 0 Å². The molecule has 2 aromatic rings. The largest absolute Gasteiger partial charge is 0.491 e. The molecule has 2 aromatic carbocycles. The number of halogens is 1. The van der Waals surface area contributed by atoms with E-state index in [-0.39, 0.29) is 34.4 Å². The number of hydrogen-bond acceptors (Lipinski definition) is 5. The van der Waals surface area contributed by atoms with Crippen LogP contribution < -0.4 is 14.4 Å². The number of rotatable bonds is 5.